The fourth-order valence-corrected chi connectivity index (χ4v) is 10.1. The van der Waals surface area contributed by atoms with Gasteiger partial charge in [-0.1, -0.05) is 81.4 Å². The van der Waals surface area contributed by atoms with Gasteiger partial charge in [-0.3, -0.25) is 0 Å². The molecule has 0 aliphatic carbocycles. The van der Waals surface area contributed by atoms with Gasteiger partial charge in [0, 0.05) is 0 Å². The van der Waals surface area contributed by atoms with Gasteiger partial charge < -0.3 is 42.0 Å². The van der Waals surface area contributed by atoms with Crippen LogP contribution in [0, 0.1) is 0 Å². The van der Waals surface area contributed by atoms with Gasteiger partial charge in [-0.15, -0.1) is 0 Å². The maximum Gasteiger partial charge on any atom is 0.261 e. The summed E-state index contributed by atoms with van der Waals surface area (Å²) in [6.07, 6.45) is 0. The summed E-state index contributed by atoms with van der Waals surface area (Å²) in [4.78, 5) is 0. The number of benzene rings is 2. The van der Waals surface area contributed by atoms with E-state index in [1.54, 1.807) is 0 Å². The summed E-state index contributed by atoms with van der Waals surface area (Å²) in [6, 6.07) is 21.3. The second-order valence-electron chi connectivity index (χ2n) is 12.8. The number of hydrogen-bond acceptors (Lipinski definition) is 9. The average Bonchev–Trinajstić information content (AvgIpc) is 3.02. The minimum atomic E-state index is -2.53. The van der Waals surface area contributed by atoms with Crippen LogP contribution in [0.15, 0.2) is 60.7 Å². The highest BCUT2D eigenvalue weighted by atomic mass is 28.4. The van der Waals surface area contributed by atoms with Gasteiger partial charge in [0.05, 0.1) is 106 Å². The largest absolute Gasteiger partial charge is 0.415 e. The van der Waals surface area contributed by atoms with Crippen LogP contribution in [0.5, 0.6) is 0 Å². The lowest BCUT2D eigenvalue weighted by Crippen LogP contribution is -2.66. The van der Waals surface area contributed by atoms with Crippen molar-refractivity contribution in [1.82, 2.24) is 0 Å². The van der Waals surface area contributed by atoms with Crippen molar-refractivity contribution in [3.63, 3.8) is 0 Å². The SMILES string of the molecule is CC(C)(C)[Si](OCCOCCOCCOCCOCCOCCOCCOCCO[Si](C)(C)C)(c1ccccc1)c1ccccc1. The summed E-state index contributed by atoms with van der Waals surface area (Å²) in [5.74, 6) is 0. The lowest BCUT2D eigenvalue weighted by Gasteiger charge is -2.43. The van der Waals surface area contributed by atoms with Gasteiger partial charge in [0.15, 0.2) is 8.32 Å². The smallest absolute Gasteiger partial charge is 0.261 e. The zero-order valence-corrected chi connectivity index (χ0v) is 31.3. The lowest BCUT2D eigenvalue weighted by atomic mass is 10.2. The van der Waals surface area contributed by atoms with Gasteiger partial charge in [0.1, 0.15) is 0 Å². The van der Waals surface area contributed by atoms with Crippen molar-refractivity contribution in [2.75, 3.05) is 106 Å². The maximum absolute atomic E-state index is 6.84. The van der Waals surface area contributed by atoms with Crippen LogP contribution in [0.4, 0.5) is 0 Å². The minimum absolute atomic E-state index is 0.0492. The average molecular weight is 681 g/mol. The molecule has 0 N–H and O–H groups in total. The van der Waals surface area contributed by atoms with E-state index in [1.807, 2.05) is 0 Å². The van der Waals surface area contributed by atoms with Crippen LogP contribution in [-0.2, 0) is 42.0 Å². The Hall–Kier alpha value is -1.49. The second kappa shape index (κ2) is 23.8. The fraction of sp³-hybridized carbons (Fsp3) is 0.657. The highest BCUT2D eigenvalue weighted by molar-refractivity contribution is 6.99. The third-order valence-corrected chi connectivity index (χ3v) is 13.1. The molecule has 0 amide bonds. The standard InChI is InChI=1S/C35H60O9Si2/c1-35(2,3)46(33-13-9-7-10-14-33,34-15-11-8-12-16-34)44-32-30-42-28-26-40-24-22-38-20-18-36-17-19-37-21-23-39-25-27-41-29-31-43-45(4,5)6/h7-16H,17-32H2,1-6H3. The molecule has 0 heterocycles. The zero-order chi connectivity index (χ0) is 33.4. The van der Waals surface area contributed by atoms with Gasteiger partial charge in [0.25, 0.3) is 8.32 Å². The Labute approximate surface area is 280 Å². The van der Waals surface area contributed by atoms with E-state index in [0.29, 0.717) is 106 Å². The molecular formula is C35H60O9Si2. The minimum Gasteiger partial charge on any atom is -0.415 e. The molecule has 0 fully saturated rings. The molecule has 0 saturated heterocycles. The molecule has 0 aliphatic heterocycles. The highest BCUT2D eigenvalue weighted by Crippen LogP contribution is 2.36. The van der Waals surface area contributed by atoms with Crippen molar-refractivity contribution < 1.29 is 42.0 Å². The summed E-state index contributed by atoms with van der Waals surface area (Å²) >= 11 is 0. The Balaban J connectivity index is 1.41. The van der Waals surface area contributed by atoms with E-state index in [2.05, 4.69) is 101 Å². The maximum atomic E-state index is 6.84. The predicted molar refractivity (Wildman–Crippen MR) is 189 cm³/mol. The van der Waals surface area contributed by atoms with Crippen LogP contribution < -0.4 is 10.4 Å². The topological polar surface area (TPSA) is 83.1 Å². The lowest BCUT2D eigenvalue weighted by molar-refractivity contribution is -0.0220. The molecule has 262 valence electrons. The monoisotopic (exact) mass is 680 g/mol. The molecule has 2 aromatic rings. The van der Waals surface area contributed by atoms with Gasteiger partial charge in [-0.25, -0.2) is 0 Å². The number of ether oxygens (including phenoxy) is 7. The molecule has 0 aromatic heterocycles. The normalized spacial score (nSPS) is 12.6. The molecule has 2 aromatic carbocycles. The van der Waals surface area contributed by atoms with Crippen molar-refractivity contribution in [2.24, 2.45) is 0 Å². The Morgan fingerprint density at radius 3 is 0.913 bits per heavy atom. The van der Waals surface area contributed by atoms with Crippen LogP contribution in [0.2, 0.25) is 24.7 Å². The van der Waals surface area contributed by atoms with E-state index < -0.39 is 16.6 Å². The van der Waals surface area contributed by atoms with Gasteiger partial charge >= 0.3 is 0 Å². The summed E-state index contributed by atoms with van der Waals surface area (Å²) in [6.45, 7) is 22.0. The molecular weight excluding hydrogens is 621 g/mol. The van der Waals surface area contributed by atoms with Crippen LogP contribution in [0.1, 0.15) is 20.8 Å². The van der Waals surface area contributed by atoms with E-state index in [1.165, 1.54) is 10.4 Å². The summed E-state index contributed by atoms with van der Waals surface area (Å²) < 4.78 is 51.7. The molecule has 0 saturated carbocycles. The molecule has 0 spiro atoms. The van der Waals surface area contributed by atoms with Crippen LogP contribution >= 0.6 is 0 Å². The third kappa shape index (κ3) is 17.1. The summed E-state index contributed by atoms with van der Waals surface area (Å²) in [5, 5.41) is 2.49. The molecule has 0 radical (unpaired) electrons. The van der Waals surface area contributed by atoms with E-state index in [9.17, 15) is 0 Å². The van der Waals surface area contributed by atoms with E-state index in [4.69, 9.17) is 42.0 Å². The van der Waals surface area contributed by atoms with E-state index in [-0.39, 0.29) is 5.04 Å². The number of hydrogen-bond donors (Lipinski definition) is 0. The summed E-state index contributed by atoms with van der Waals surface area (Å²) in [5.41, 5.74) is 0. The van der Waals surface area contributed by atoms with Crippen molar-refractivity contribution in [1.29, 1.82) is 0 Å². The van der Waals surface area contributed by atoms with E-state index >= 15 is 0 Å². The first-order chi connectivity index (χ1) is 22.2. The molecule has 9 nitrogen and oxygen atoms in total. The molecule has 0 unspecified atom stereocenters. The van der Waals surface area contributed by atoms with Crippen LogP contribution in [0.25, 0.3) is 0 Å². The second-order valence-corrected chi connectivity index (χ2v) is 21.6. The molecule has 0 bridgehead atoms. The first-order valence-corrected chi connectivity index (χ1v) is 21.9. The van der Waals surface area contributed by atoms with Crippen LogP contribution in [-0.4, -0.2) is 122 Å². The van der Waals surface area contributed by atoms with Gasteiger partial charge in [0.2, 0.25) is 0 Å². The number of rotatable bonds is 28. The van der Waals surface area contributed by atoms with Gasteiger partial charge in [-0.05, 0) is 35.1 Å². The molecule has 0 atom stereocenters. The Kier molecular flexibility index (Phi) is 21.0. The quantitative estimate of drug-likeness (QED) is 0.0952. The van der Waals surface area contributed by atoms with Gasteiger partial charge in [-0.2, -0.15) is 0 Å². The Morgan fingerprint density at radius 2 is 0.652 bits per heavy atom. The molecule has 46 heavy (non-hydrogen) atoms. The first-order valence-electron chi connectivity index (χ1n) is 16.6. The molecule has 0 aliphatic rings. The Bertz CT molecular complexity index is 946. The summed E-state index contributed by atoms with van der Waals surface area (Å²) in [7, 11) is -3.98. The highest BCUT2D eigenvalue weighted by Gasteiger charge is 2.50. The van der Waals surface area contributed by atoms with Crippen molar-refractivity contribution >= 4 is 27.0 Å². The third-order valence-electron chi connectivity index (χ3n) is 6.96. The zero-order valence-electron chi connectivity index (χ0n) is 29.3. The first kappa shape index (κ1) is 40.7. The molecule has 11 heteroatoms. The predicted octanol–water partition coefficient (Wildman–Crippen LogP) is 4.53. The van der Waals surface area contributed by atoms with Crippen LogP contribution in [0.3, 0.4) is 0 Å². The fourth-order valence-electron chi connectivity index (χ4n) is 4.84. The van der Waals surface area contributed by atoms with E-state index in [0.717, 1.165) is 0 Å². The Morgan fingerprint density at radius 1 is 0.391 bits per heavy atom. The van der Waals surface area contributed by atoms with Crippen molar-refractivity contribution in [3.05, 3.63) is 60.7 Å². The van der Waals surface area contributed by atoms with Crippen molar-refractivity contribution in [3.8, 4) is 0 Å². The molecule has 2 rings (SSSR count). The van der Waals surface area contributed by atoms with Crippen molar-refractivity contribution in [2.45, 2.75) is 45.5 Å².